The molecule has 0 saturated carbocycles. The summed E-state index contributed by atoms with van der Waals surface area (Å²) in [5.74, 6) is -0.713. The average Bonchev–Trinajstić information content (AvgIpc) is 3.45. The SMILES string of the molecule is Cc1c(Oc2ccnc3[nH]cc(-c4ccn(C)n4)c23)cccc1C(=O)NCc1cc(F)cc(F)c1. The van der Waals surface area contributed by atoms with Crippen LogP contribution in [0.3, 0.4) is 0 Å². The molecule has 0 aliphatic heterocycles. The number of nitrogens with one attached hydrogen (secondary N) is 2. The molecule has 5 aromatic rings. The van der Waals surface area contributed by atoms with Crippen molar-refractivity contribution in [3.05, 3.63) is 95.4 Å². The van der Waals surface area contributed by atoms with Gasteiger partial charge in [-0.15, -0.1) is 0 Å². The molecule has 176 valence electrons. The summed E-state index contributed by atoms with van der Waals surface area (Å²) >= 11 is 0. The Bertz CT molecular complexity index is 1540. The maximum atomic E-state index is 13.4. The number of ether oxygens (including phenoxy) is 1. The third kappa shape index (κ3) is 4.48. The summed E-state index contributed by atoms with van der Waals surface area (Å²) in [6.07, 6.45) is 5.33. The Labute approximate surface area is 199 Å². The zero-order chi connectivity index (χ0) is 24.5. The first-order valence-corrected chi connectivity index (χ1v) is 10.9. The second kappa shape index (κ2) is 9.02. The molecule has 0 atom stereocenters. The summed E-state index contributed by atoms with van der Waals surface area (Å²) in [5.41, 5.74) is 3.61. The Morgan fingerprint density at radius 2 is 1.91 bits per heavy atom. The van der Waals surface area contributed by atoms with E-state index in [1.807, 2.05) is 25.5 Å². The molecule has 35 heavy (non-hydrogen) atoms. The lowest BCUT2D eigenvalue weighted by molar-refractivity contribution is 0.0950. The van der Waals surface area contributed by atoms with Gasteiger partial charge in [0.2, 0.25) is 0 Å². The Kier molecular flexibility index (Phi) is 5.74. The zero-order valence-corrected chi connectivity index (χ0v) is 19.0. The van der Waals surface area contributed by atoms with E-state index < -0.39 is 11.6 Å². The molecule has 0 radical (unpaired) electrons. The summed E-state index contributed by atoms with van der Waals surface area (Å²) in [6, 6.07) is 12.0. The van der Waals surface area contributed by atoms with Gasteiger partial charge in [0.05, 0.1) is 11.1 Å². The van der Waals surface area contributed by atoms with Gasteiger partial charge in [0, 0.05) is 54.9 Å². The number of aromatic nitrogens is 4. The molecule has 0 aliphatic carbocycles. The highest BCUT2D eigenvalue weighted by Crippen LogP contribution is 2.37. The standard InChI is InChI=1S/C26H21F2N5O2/c1-15-19(26(34)31-13-16-10-17(27)12-18(28)11-16)4-3-5-22(15)35-23-6-8-29-25-24(23)20(14-30-25)21-7-9-33(2)32-21/h3-12,14H,13H2,1-2H3,(H,29,30)(H,31,34). The van der Waals surface area contributed by atoms with Crippen LogP contribution in [0.2, 0.25) is 0 Å². The van der Waals surface area contributed by atoms with Gasteiger partial charge in [-0.2, -0.15) is 5.10 Å². The monoisotopic (exact) mass is 473 g/mol. The molecule has 1 amide bonds. The van der Waals surface area contributed by atoms with Crippen LogP contribution in [0.25, 0.3) is 22.3 Å². The fourth-order valence-corrected chi connectivity index (χ4v) is 3.95. The van der Waals surface area contributed by atoms with Gasteiger partial charge in [0.1, 0.15) is 28.8 Å². The summed E-state index contributed by atoms with van der Waals surface area (Å²) in [5, 5.41) is 7.95. The first kappa shape index (κ1) is 22.3. The smallest absolute Gasteiger partial charge is 0.251 e. The number of aryl methyl sites for hydroxylation is 1. The Hall–Kier alpha value is -4.53. The maximum Gasteiger partial charge on any atom is 0.251 e. The van der Waals surface area contributed by atoms with Crippen molar-refractivity contribution in [2.75, 3.05) is 0 Å². The van der Waals surface area contributed by atoms with Gasteiger partial charge in [0.15, 0.2) is 0 Å². The zero-order valence-electron chi connectivity index (χ0n) is 19.0. The molecule has 9 heteroatoms. The van der Waals surface area contributed by atoms with Crippen LogP contribution in [-0.4, -0.2) is 25.7 Å². The van der Waals surface area contributed by atoms with Gasteiger partial charge in [0.25, 0.3) is 5.91 Å². The molecule has 2 N–H and O–H groups in total. The lowest BCUT2D eigenvalue weighted by Gasteiger charge is -2.14. The number of carbonyl (C=O) groups is 1. The second-order valence-corrected chi connectivity index (χ2v) is 8.10. The summed E-state index contributed by atoms with van der Waals surface area (Å²) in [7, 11) is 1.85. The second-order valence-electron chi connectivity index (χ2n) is 8.10. The number of aromatic amines is 1. The maximum absolute atomic E-state index is 13.4. The molecular formula is C26H21F2N5O2. The number of carbonyl (C=O) groups excluding carboxylic acids is 1. The highest BCUT2D eigenvalue weighted by Gasteiger charge is 2.18. The number of halogens is 2. The van der Waals surface area contributed by atoms with Crippen LogP contribution in [0, 0.1) is 18.6 Å². The van der Waals surface area contributed by atoms with Gasteiger partial charge in [-0.05, 0) is 48.9 Å². The minimum Gasteiger partial charge on any atom is -0.456 e. The van der Waals surface area contributed by atoms with Gasteiger partial charge >= 0.3 is 0 Å². The van der Waals surface area contributed by atoms with Crippen LogP contribution in [-0.2, 0) is 13.6 Å². The first-order chi connectivity index (χ1) is 16.9. The molecule has 0 saturated heterocycles. The highest BCUT2D eigenvalue weighted by atomic mass is 19.1. The van der Waals surface area contributed by atoms with Crippen molar-refractivity contribution < 1.29 is 18.3 Å². The van der Waals surface area contributed by atoms with Crippen molar-refractivity contribution in [1.29, 1.82) is 0 Å². The molecule has 0 unspecified atom stereocenters. The third-order valence-electron chi connectivity index (χ3n) is 5.65. The molecule has 3 heterocycles. The van der Waals surface area contributed by atoms with E-state index >= 15 is 0 Å². The topological polar surface area (TPSA) is 84.8 Å². The van der Waals surface area contributed by atoms with Gasteiger partial charge in [-0.25, -0.2) is 13.8 Å². The molecule has 2 aromatic carbocycles. The van der Waals surface area contributed by atoms with E-state index in [1.54, 1.807) is 42.1 Å². The predicted molar refractivity (Wildman–Crippen MR) is 127 cm³/mol. The molecular weight excluding hydrogens is 452 g/mol. The minimum absolute atomic E-state index is 0.0141. The highest BCUT2D eigenvalue weighted by molar-refractivity contribution is 5.98. The molecule has 0 bridgehead atoms. The number of fused-ring (bicyclic) bond motifs is 1. The van der Waals surface area contributed by atoms with Crippen molar-refractivity contribution in [2.24, 2.45) is 7.05 Å². The molecule has 5 rings (SSSR count). The van der Waals surface area contributed by atoms with E-state index in [0.29, 0.717) is 33.8 Å². The van der Waals surface area contributed by atoms with Crippen molar-refractivity contribution in [3.8, 4) is 22.8 Å². The van der Waals surface area contributed by atoms with Crippen LogP contribution < -0.4 is 10.1 Å². The average molecular weight is 473 g/mol. The first-order valence-electron chi connectivity index (χ1n) is 10.9. The van der Waals surface area contributed by atoms with E-state index in [4.69, 9.17) is 4.74 Å². The van der Waals surface area contributed by atoms with Crippen LogP contribution >= 0.6 is 0 Å². The number of H-pyrrole nitrogens is 1. The lowest BCUT2D eigenvalue weighted by atomic mass is 10.1. The summed E-state index contributed by atoms with van der Waals surface area (Å²) in [4.78, 5) is 20.4. The number of hydrogen-bond donors (Lipinski definition) is 2. The number of hydrogen-bond acceptors (Lipinski definition) is 4. The van der Waals surface area contributed by atoms with E-state index in [9.17, 15) is 13.6 Å². The van der Waals surface area contributed by atoms with Gasteiger partial charge < -0.3 is 15.0 Å². The van der Waals surface area contributed by atoms with Crippen molar-refractivity contribution in [2.45, 2.75) is 13.5 Å². The van der Waals surface area contributed by atoms with Crippen LogP contribution in [0.4, 0.5) is 8.78 Å². The number of amides is 1. The van der Waals surface area contributed by atoms with Gasteiger partial charge in [-0.3, -0.25) is 9.48 Å². The molecule has 0 aliphatic rings. The normalized spacial score (nSPS) is 11.1. The quantitative estimate of drug-likeness (QED) is 0.352. The Balaban J connectivity index is 1.42. The molecule has 7 nitrogen and oxygen atoms in total. The third-order valence-corrected chi connectivity index (χ3v) is 5.65. The summed E-state index contributed by atoms with van der Waals surface area (Å²) in [6.45, 7) is 1.76. The van der Waals surface area contributed by atoms with Crippen LogP contribution in [0.15, 0.2) is 67.1 Å². The molecule has 3 aromatic heterocycles. The van der Waals surface area contributed by atoms with Crippen molar-refractivity contribution in [1.82, 2.24) is 25.1 Å². The molecule has 0 spiro atoms. The van der Waals surface area contributed by atoms with Gasteiger partial charge in [-0.1, -0.05) is 6.07 Å². The number of benzene rings is 2. The Morgan fingerprint density at radius 1 is 1.11 bits per heavy atom. The van der Waals surface area contributed by atoms with Crippen LogP contribution in [0.5, 0.6) is 11.5 Å². The van der Waals surface area contributed by atoms with E-state index in [0.717, 1.165) is 22.7 Å². The predicted octanol–water partition coefficient (Wildman–Crippen LogP) is 5.27. The largest absolute Gasteiger partial charge is 0.456 e. The summed E-state index contributed by atoms with van der Waals surface area (Å²) < 4.78 is 34.9. The number of pyridine rings is 1. The van der Waals surface area contributed by atoms with Crippen molar-refractivity contribution in [3.63, 3.8) is 0 Å². The minimum atomic E-state index is -0.695. The Morgan fingerprint density at radius 3 is 2.66 bits per heavy atom. The fourth-order valence-electron chi connectivity index (χ4n) is 3.95. The van der Waals surface area contributed by atoms with Crippen LogP contribution in [0.1, 0.15) is 21.5 Å². The van der Waals surface area contributed by atoms with E-state index in [1.165, 1.54) is 12.1 Å². The fraction of sp³-hybridized carbons (Fsp3) is 0.115. The van der Waals surface area contributed by atoms with E-state index in [2.05, 4.69) is 20.4 Å². The van der Waals surface area contributed by atoms with Crippen molar-refractivity contribution >= 4 is 16.9 Å². The lowest BCUT2D eigenvalue weighted by Crippen LogP contribution is -2.23. The molecule has 0 fully saturated rings. The number of nitrogens with zero attached hydrogens (tertiary/aromatic N) is 3. The number of rotatable bonds is 6. The van der Waals surface area contributed by atoms with E-state index in [-0.39, 0.29) is 12.5 Å².